The molecule has 0 aliphatic rings. The van der Waals surface area contributed by atoms with Gasteiger partial charge in [0.2, 0.25) is 15.9 Å². The average molecular weight is 475 g/mol. The number of rotatable bonds is 5. The number of nitrogens with zero attached hydrogens (tertiary/aromatic N) is 1. The van der Waals surface area contributed by atoms with Gasteiger partial charge >= 0.3 is 12.4 Å². The number of hydrogen-bond acceptors (Lipinski definition) is 3. The number of likely N-dealkylation sites (N-methyl/N-ethyl adjacent to an activating group) is 1. The molecule has 0 radical (unpaired) electrons. The lowest BCUT2D eigenvalue weighted by molar-refractivity contribution is -0.138. The van der Waals surface area contributed by atoms with E-state index in [0.29, 0.717) is 16.4 Å². The summed E-state index contributed by atoms with van der Waals surface area (Å²) in [6, 6.07) is 5.66. The molecule has 2 rings (SSSR count). The first-order valence-corrected chi connectivity index (χ1v) is 9.75. The molecule has 0 aliphatic heterocycles. The maximum Gasteiger partial charge on any atom is 0.418 e. The Balaban J connectivity index is 2.26. The molecule has 1 N–H and O–H groups in total. The van der Waals surface area contributed by atoms with E-state index in [9.17, 15) is 39.6 Å². The number of nitrogens with one attached hydrogen (secondary N) is 1. The Morgan fingerprint density at radius 3 is 2.20 bits per heavy atom. The lowest BCUT2D eigenvalue weighted by atomic mass is 10.1. The predicted octanol–water partition coefficient (Wildman–Crippen LogP) is 4.64. The summed E-state index contributed by atoms with van der Waals surface area (Å²) in [5.74, 6) is -1.14. The van der Waals surface area contributed by atoms with Crippen molar-refractivity contribution in [1.29, 1.82) is 0 Å². The molecule has 0 unspecified atom stereocenters. The Morgan fingerprint density at radius 2 is 1.63 bits per heavy atom. The number of carbonyl (C=O) groups excluding carboxylic acids is 1. The van der Waals surface area contributed by atoms with Crippen LogP contribution < -0.4 is 5.32 Å². The van der Waals surface area contributed by atoms with E-state index in [0.717, 1.165) is 31.3 Å². The number of sulfonamides is 1. The maximum atomic E-state index is 13.0. The topological polar surface area (TPSA) is 66.5 Å². The minimum atomic E-state index is -4.84. The number of alkyl halides is 6. The highest BCUT2D eigenvalue weighted by molar-refractivity contribution is 7.89. The molecule has 2 aromatic carbocycles. The standard InChI is InChI=1S/C17H13ClF6N2O3S/c1-26(9-15(27)25-13-5-3-2-4-11(13)17(22,23)24)30(28,29)14-8-10(16(19,20)21)6-7-12(14)18/h2-8H,9H2,1H3,(H,25,27). The second-order valence-electron chi connectivity index (χ2n) is 6.00. The third-order valence-corrected chi connectivity index (χ3v) is 6.10. The van der Waals surface area contributed by atoms with Crippen molar-refractivity contribution in [3.8, 4) is 0 Å². The van der Waals surface area contributed by atoms with Gasteiger partial charge in [0.1, 0.15) is 4.90 Å². The van der Waals surface area contributed by atoms with Gasteiger partial charge in [0.15, 0.2) is 0 Å². The van der Waals surface area contributed by atoms with Crippen LogP contribution in [0.15, 0.2) is 47.4 Å². The van der Waals surface area contributed by atoms with E-state index in [2.05, 4.69) is 0 Å². The molecule has 0 aromatic heterocycles. The molecule has 0 atom stereocenters. The van der Waals surface area contributed by atoms with E-state index in [1.807, 2.05) is 5.32 Å². The maximum absolute atomic E-state index is 13.0. The zero-order chi connectivity index (χ0) is 22.9. The van der Waals surface area contributed by atoms with E-state index in [1.54, 1.807) is 0 Å². The molecule has 5 nitrogen and oxygen atoms in total. The number of hydrogen-bond donors (Lipinski definition) is 1. The van der Waals surface area contributed by atoms with Gasteiger partial charge in [-0.3, -0.25) is 4.79 Å². The summed E-state index contributed by atoms with van der Waals surface area (Å²) in [7, 11) is -3.78. The molecule has 0 saturated carbocycles. The number of halogens is 7. The average Bonchev–Trinajstić information content (AvgIpc) is 2.60. The molecular weight excluding hydrogens is 462 g/mol. The van der Waals surface area contributed by atoms with Gasteiger partial charge in [-0.25, -0.2) is 8.42 Å². The molecule has 0 aliphatic carbocycles. The van der Waals surface area contributed by atoms with E-state index >= 15 is 0 Å². The van der Waals surface area contributed by atoms with Crippen molar-refractivity contribution < 1.29 is 39.6 Å². The summed E-state index contributed by atoms with van der Waals surface area (Å²) in [4.78, 5) is 11.2. The van der Waals surface area contributed by atoms with Crippen molar-refractivity contribution in [2.75, 3.05) is 18.9 Å². The zero-order valence-corrected chi connectivity index (χ0v) is 16.5. The van der Waals surface area contributed by atoms with Crippen molar-refractivity contribution in [2.24, 2.45) is 0 Å². The molecule has 30 heavy (non-hydrogen) atoms. The van der Waals surface area contributed by atoms with Crippen molar-refractivity contribution in [3.05, 3.63) is 58.6 Å². The Kier molecular flexibility index (Phi) is 6.74. The molecule has 0 spiro atoms. The van der Waals surface area contributed by atoms with Crippen molar-refractivity contribution in [2.45, 2.75) is 17.2 Å². The fourth-order valence-electron chi connectivity index (χ4n) is 2.36. The summed E-state index contributed by atoms with van der Waals surface area (Å²) < 4.78 is 103. The molecule has 1 amide bonds. The number of amides is 1. The van der Waals surface area contributed by atoms with Gasteiger partial charge in [-0.2, -0.15) is 30.6 Å². The number of para-hydroxylation sites is 1. The van der Waals surface area contributed by atoms with Crippen LogP contribution in [0.4, 0.5) is 32.0 Å². The van der Waals surface area contributed by atoms with Crippen LogP contribution in [0.1, 0.15) is 11.1 Å². The summed E-state index contributed by atoms with van der Waals surface area (Å²) >= 11 is 5.71. The number of carbonyl (C=O) groups is 1. The highest BCUT2D eigenvalue weighted by Crippen LogP contribution is 2.35. The van der Waals surface area contributed by atoms with Crippen LogP contribution >= 0.6 is 11.6 Å². The molecule has 2 aromatic rings. The predicted molar refractivity (Wildman–Crippen MR) is 96.3 cm³/mol. The van der Waals surface area contributed by atoms with Crippen LogP contribution in [0, 0.1) is 0 Å². The first-order chi connectivity index (χ1) is 13.6. The van der Waals surface area contributed by atoms with Crippen LogP contribution in [0.5, 0.6) is 0 Å². The minimum Gasteiger partial charge on any atom is -0.324 e. The van der Waals surface area contributed by atoms with Gasteiger partial charge in [0.25, 0.3) is 0 Å². The lowest BCUT2D eigenvalue weighted by Crippen LogP contribution is -2.35. The number of benzene rings is 2. The Bertz CT molecular complexity index is 1050. The van der Waals surface area contributed by atoms with E-state index in [4.69, 9.17) is 11.6 Å². The SMILES string of the molecule is CN(CC(=O)Nc1ccccc1C(F)(F)F)S(=O)(=O)c1cc(C(F)(F)F)ccc1Cl. The fourth-order valence-corrected chi connectivity index (χ4v) is 3.98. The Hall–Kier alpha value is -2.31. The van der Waals surface area contributed by atoms with Crippen molar-refractivity contribution in [3.63, 3.8) is 0 Å². The molecule has 0 heterocycles. The van der Waals surface area contributed by atoms with Crippen molar-refractivity contribution in [1.82, 2.24) is 4.31 Å². The first kappa shape index (κ1) is 24.0. The van der Waals surface area contributed by atoms with E-state index < -0.39 is 61.6 Å². The number of anilines is 1. The van der Waals surface area contributed by atoms with Crippen LogP contribution in [0.2, 0.25) is 5.02 Å². The zero-order valence-electron chi connectivity index (χ0n) is 15.0. The quantitative estimate of drug-likeness (QED) is 0.642. The molecule has 0 fully saturated rings. The second kappa shape index (κ2) is 8.44. The summed E-state index contributed by atoms with van der Waals surface area (Å²) in [5.41, 5.74) is -3.02. The third-order valence-electron chi connectivity index (χ3n) is 3.82. The highest BCUT2D eigenvalue weighted by Gasteiger charge is 2.35. The van der Waals surface area contributed by atoms with Gasteiger partial charge in [-0.15, -0.1) is 0 Å². The van der Waals surface area contributed by atoms with Gasteiger partial charge in [0.05, 0.1) is 28.4 Å². The van der Waals surface area contributed by atoms with Crippen molar-refractivity contribution >= 4 is 33.2 Å². The van der Waals surface area contributed by atoms with E-state index in [-0.39, 0.29) is 0 Å². The van der Waals surface area contributed by atoms with Crippen LogP contribution in [-0.2, 0) is 27.2 Å². The van der Waals surface area contributed by atoms with Crippen LogP contribution in [0.3, 0.4) is 0 Å². The Morgan fingerprint density at radius 1 is 1.03 bits per heavy atom. The van der Waals surface area contributed by atoms with Gasteiger partial charge in [-0.1, -0.05) is 23.7 Å². The van der Waals surface area contributed by atoms with Crippen LogP contribution in [0.25, 0.3) is 0 Å². The smallest absolute Gasteiger partial charge is 0.324 e. The minimum absolute atomic E-state index is 0.311. The van der Waals surface area contributed by atoms with E-state index in [1.165, 1.54) is 6.07 Å². The second-order valence-corrected chi connectivity index (χ2v) is 8.42. The Labute approximate surface area is 172 Å². The van der Waals surface area contributed by atoms with Gasteiger partial charge < -0.3 is 5.32 Å². The summed E-state index contributed by atoms with van der Waals surface area (Å²) in [5, 5.41) is 1.43. The highest BCUT2D eigenvalue weighted by atomic mass is 35.5. The molecular formula is C17H13ClF6N2O3S. The van der Waals surface area contributed by atoms with Gasteiger partial charge in [0, 0.05) is 7.05 Å². The third kappa shape index (κ3) is 5.43. The molecule has 0 bridgehead atoms. The summed E-state index contributed by atoms with van der Waals surface area (Å²) in [6.45, 7) is -0.971. The molecule has 13 heteroatoms. The lowest BCUT2D eigenvalue weighted by Gasteiger charge is -2.19. The first-order valence-electron chi connectivity index (χ1n) is 7.93. The molecule has 0 saturated heterocycles. The summed E-state index contributed by atoms with van der Waals surface area (Å²) in [6.07, 6.45) is -9.61. The fraction of sp³-hybridized carbons (Fsp3) is 0.235. The molecule has 164 valence electrons. The monoisotopic (exact) mass is 474 g/mol. The van der Waals surface area contributed by atoms with Gasteiger partial charge in [-0.05, 0) is 30.3 Å². The van der Waals surface area contributed by atoms with Crippen LogP contribution in [-0.4, -0.2) is 32.2 Å². The largest absolute Gasteiger partial charge is 0.418 e. The normalized spacial score (nSPS) is 12.8.